The first kappa shape index (κ1) is 28.1. The third-order valence-corrected chi connectivity index (χ3v) is 9.35. The number of anilines is 1. The lowest BCUT2D eigenvalue weighted by Gasteiger charge is -2.18. The topological polar surface area (TPSA) is 196 Å². The molecule has 0 aliphatic carbocycles. The van der Waals surface area contributed by atoms with Gasteiger partial charge in [0.1, 0.15) is 23.5 Å². The van der Waals surface area contributed by atoms with E-state index in [9.17, 15) is 24.2 Å². The van der Waals surface area contributed by atoms with Crippen molar-refractivity contribution in [1.82, 2.24) is 14.8 Å². The Bertz CT molecular complexity index is 1340. The molecule has 3 heterocycles. The van der Waals surface area contributed by atoms with Crippen molar-refractivity contribution < 1.29 is 43.3 Å². The molecule has 1 saturated heterocycles. The predicted molar refractivity (Wildman–Crippen MR) is 134 cm³/mol. The van der Waals surface area contributed by atoms with Gasteiger partial charge in [0, 0.05) is 6.04 Å². The molecule has 16 heteroatoms. The molecule has 13 nitrogen and oxygen atoms in total. The van der Waals surface area contributed by atoms with Gasteiger partial charge in [-0.1, -0.05) is 41.9 Å². The summed E-state index contributed by atoms with van der Waals surface area (Å²) in [7, 11) is -9.51. The van der Waals surface area contributed by atoms with E-state index in [4.69, 9.17) is 30.6 Å². The summed E-state index contributed by atoms with van der Waals surface area (Å²) < 4.78 is 34.6. The number of fused-ring (bicyclic) bond motifs is 1. The maximum atomic E-state index is 11.9. The second kappa shape index (κ2) is 11.1. The van der Waals surface area contributed by atoms with Crippen molar-refractivity contribution >= 4 is 43.5 Å². The summed E-state index contributed by atoms with van der Waals surface area (Å²) in [5.74, 6) is -1.39. The number of nitrogens with one attached hydrogen (secondary N) is 1. The van der Waals surface area contributed by atoms with E-state index in [1.165, 1.54) is 10.9 Å². The highest BCUT2D eigenvalue weighted by atomic mass is 35.5. The Hall–Kier alpha value is -1.89. The van der Waals surface area contributed by atoms with Crippen molar-refractivity contribution in [3.63, 3.8) is 0 Å². The Kier molecular flexibility index (Phi) is 8.42. The van der Waals surface area contributed by atoms with Crippen LogP contribution in [0.15, 0.2) is 42.6 Å². The van der Waals surface area contributed by atoms with Gasteiger partial charge in [-0.3, -0.25) is 9.13 Å². The summed E-state index contributed by atoms with van der Waals surface area (Å²) in [6, 6.07) is 11.6. The van der Waals surface area contributed by atoms with Gasteiger partial charge in [-0.2, -0.15) is 5.10 Å². The van der Waals surface area contributed by atoms with Crippen LogP contribution in [0.1, 0.15) is 18.7 Å². The maximum Gasteiger partial charge on any atom is 0.340 e. The molecule has 0 amide bonds. The molecule has 1 aromatic carbocycles. The van der Waals surface area contributed by atoms with Gasteiger partial charge in [-0.25, -0.2) is 9.67 Å². The van der Waals surface area contributed by atoms with Gasteiger partial charge < -0.3 is 39.5 Å². The third kappa shape index (κ3) is 6.96. The fourth-order valence-corrected chi connectivity index (χ4v) is 6.87. The van der Waals surface area contributed by atoms with E-state index in [0.717, 1.165) is 12.0 Å². The SMILES string of the molecule is C[C@H](Cc1ccccc1)Nc1cc(Cl)nc2c1cnn2[C@@H]1O[C@H](COP(=O)(O)CP(=O)(O)O)[C@@H](O)[C@H]1O. The lowest BCUT2D eigenvalue weighted by molar-refractivity contribution is -0.0541. The molecular formula is C21H27ClN4O9P2. The normalized spacial score (nSPS) is 24.7. The molecule has 0 spiro atoms. The quantitative estimate of drug-likeness (QED) is 0.152. The second-order valence-corrected chi connectivity index (χ2v) is 13.2. The van der Waals surface area contributed by atoms with Crippen LogP contribution >= 0.6 is 26.8 Å². The Labute approximate surface area is 216 Å². The fourth-order valence-electron chi connectivity index (χ4n) is 4.11. The summed E-state index contributed by atoms with van der Waals surface area (Å²) in [6.45, 7) is 1.30. The first-order valence-corrected chi connectivity index (χ1v) is 15.1. The Morgan fingerprint density at radius 1 is 1.19 bits per heavy atom. The molecule has 2 aromatic heterocycles. The number of benzene rings is 1. The summed E-state index contributed by atoms with van der Waals surface area (Å²) >= 11 is 6.26. The van der Waals surface area contributed by atoms with Gasteiger partial charge in [0.05, 0.1) is 23.9 Å². The molecule has 0 saturated carbocycles. The van der Waals surface area contributed by atoms with Crippen LogP contribution in [0.5, 0.6) is 0 Å². The van der Waals surface area contributed by atoms with E-state index >= 15 is 0 Å². The molecule has 37 heavy (non-hydrogen) atoms. The maximum absolute atomic E-state index is 11.9. The van der Waals surface area contributed by atoms with Gasteiger partial charge >= 0.3 is 15.2 Å². The van der Waals surface area contributed by atoms with E-state index in [1.54, 1.807) is 6.07 Å². The van der Waals surface area contributed by atoms with Gasteiger partial charge in [0.2, 0.25) is 0 Å². The monoisotopic (exact) mass is 576 g/mol. The van der Waals surface area contributed by atoms with Crippen LogP contribution in [-0.2, 0) is 24.8 Å². The van der Waals surface area contributed by atoms with Crippen molar-refractivity contribution in [2.75, 3.05) is 17.8 Å². The average molecular weight is 577 g/mol. The zero-order valence-corrected chi connectivity index (χ0v) is 22.1. The highest BCUT2D eigenvalue weighted by molar-refractivity contribution is 7.70. The lowest BCUT2D eigenvalue weighted by atomic mass is 10.1. The Morgan fingerprint density at radius 3 is 2.57 bits per heavy atom. The third-order valence-electron chi connectivity index (χ3n) is 5.70. The van der Waals surface area contributed by atoms with Crippen LogP contribution in [-0.4, -0.2) is 76.5 Å². The van der Waals surface area contributed by atoms with E-state index in [2.05, 4.69) is 15.4 Å². The van der Waals surface area contributed by atoms with Gasteiger partial charge in [-0.15, -0.1) is 0 Å². The average Bonchev–Trinajstić information content (AvgIpc) is 3.32. The van der Waals surface area contributed by atoms with Crippen LogP contribution in [0.25, 0.3) is 11.0 Å². The van der Waals surface area contributed by atoms with E-state index in [0.29, 0.717) is 11.1 Å². The minimum Gasteiger partial charge on any atom is -0.387 e. The number of aliphatic hydroxyl groups is 2. The number of pyridine rings is 1. The molecule has 1 fully saturated rings. The molecule has 6 atom stereocenters. The van der Waals surface area contributed by atoms with Crippen LogP contribution in [0.3, 0.4) is 0 Å². The molecule has 1 aliphatic heterocycles. The van der Waals surface area contributed by atoms with Gasteiger partial charge in [0.15, 0.2) is 17.8 Å². The second-order valence-electron chi connectivity index (χ2n) is 8.84. The predicted octanol–water partition coefficient (Wildman–Crippen LogP) is 2.08. The smallest absolute Gasteiger partial charge is 0.340 e. The van der Waals surface area contributed by atoms with Gasteiger partial charge in [0.25, 0.3) is 0 Å². The summed E-state index contributed by atoms with van der Waals surface area (Å²) in [6.07, 6.45) is -3.37. The standard InChI is InChI=1S/C21H27ClN4O9P2/c1-12(7-13-5-3-2-4-6-13)24-15-8-17(22)25-20-14(15)9-23-26(20)21-19(28)18(27)16(35-21)10-34-37(32,33)11-36(29,30)31/h2-6,8-9,12,16,18-19,21,27-28H,7,10-11H2,1H3,(H,24,25)(H,32,33)(H2,29,30,31)/t12-,16-,18-,19-,21-/m1/s1. The molecule has 202 valence electrons. The summed E-state index contributed by atoms with van der Waals surface area (Å²) in [5.41, 5.74) is 2.05. The van der Waals surface area contributed by atoms with Crippen molar-refractivity contribution in [3.05, 3.63) is 53.3 Å². The number of hydrogen-bond donors (Lipinski definition) is 6. The first-order valence-electron chi connectivity index (χ1n) is 11.2. The van der Waals surface area contributed by atoms with E-state index < -0.39 is 52.2 Å². The molecule has 0 radical (unpaired) electrons. The van der Waals surface area contributed by atoms with Crippen LogP contribution in [0.2, 0.25) is 5.15 Å². The minimum absolute atomic E-state index is 0.0198. The summed E-state index contributed by atoms with van der Waals surface area (Å²) in [5, 5.41) is 29.4. The number of halogens is 1. The van der Waals surface area contributed by atoms with Crippen molar-refractivity contribution in [1.29, 1.82) is 0 Å². The molecule has 1 unspecified atom stereocenters. The van der Waals surface area contributed by atoms with Crippen molar-refractivity contribution in [2.45, 2.75) is 43.9 Å². The minimum atomic E-state index is -4.83. The highest BCUT2D eigenvalue weighted by Gasteiger charge is 2.46. The number of aromatic nitrogens is 3. The largest absolute Gasteiger partial charge is 0.387 e. The number of aliphatic hydroxyl groups excluding tert-OH is 2. The molecule has 0 bridgehead atoms. The number of hydrogen-bond acceptors (Lipinski definition) is 9. The number of ether oxygens (including phenoxy) is 1. The molecule has 1 aliphatic rings. The van der Waals surface area contributed by atoms with Crippen LogP contribution in [0, 0.1) is 0 Å². The zero-order valence-electron chi connectivity index (χ0n) is 19.5. The fraction of sp³-hybridized carbons (Fsp3) is 0.429. The Balaban J connectivity index is 1.51. The lowest BCUT2D eigenvalue weighted by Crippen LogP contribution is -2.33. The first-order chi connectivity index (χ1) is 17.3. The molecule has 3 aromatic rings. The van der Waals surface area contributed by atoms with Crippen molar-refractivity contribution in [2.24, 2.45) is 0 Å². The molecule has 6 N–H and O–H groups in total. The van der Waals surface area contributed by atoms with E-state index in [-0.39, 0.29) is 16.8 Å². The molecular weight excluding hydrogens is 550 g/mol. The van der Waals surface area contributed by atoms with Gasteiger partial charge in [-0.05, 0) is 25.0 Å². The summed E-state index contributed by atoms with van der Waals surface area (Å²) in [4.78, 5) is 31.8. The Morgan fingerprint density at radius 2 is 1.89 bits per heavy atom. The highest BCUT2D eigenvalue weighted by Crippen LogP contribution is 2.55. The molecule has 4 rings (SSSR count). The number of rotatable bonds is 10. The van der Waals surface area contributed by atoms with E-state index in [1.807, 2.05) is 37.3 Å². The van der Waals surface area contributed by atoms with Crippen LogP contribution < -0.4 is 5.32 Å². The zero-order chi connectivity index (χ0) is 27.0. The number of nitrogens with zero attached hydrogens (tertiary/aromatic N) is 3. The van der Waals surface area contributed by atoms with Crippen molar-refractivity contribution in [3.8, 4) is 0 Å². The van der Waals surface area contributed by atoms with Crippen LogP contribution in [0.4, 0.5) is 5.69 Å².